The Labute approximate surface area is 170 Å². The maximum absolute atomic E-state index is 12.2. The van der Waals surface area contributed by atoms with Gasteiger partial charge in [0, 0.05) is 18.4 Å². The Morgan fingerprint density at radius 2 is 2.07 bits per heavy atom. The summed E-state index contributed by atoms with van der Waals surface area (Å²) in [5.74, 6) is 0.603. The van der Waals surface area contributed by atoms with Crippen LogP contribution in [0.4, 0.5) is 5.69 Å². The number of anilines is 1. The summed E-state index contributed by atoms with van der Waals surface area (Å²) in [4.78, 5) is 16.5. The van der Waals surface area contributed by atoms with Crippen LogP contribution >= 0.6 is 35.0 Å². The number of halogens is 2. The van der Waals surface area contributed by atoms with E-state index in [-0.39, 0.29) is 11.7 Å². The number of hydrogen-bond acceptors (Lipinski definition) is 5. The van der Waals surface area contributed by atoms with Crippen LogP contribution in [0.5, 0.6) is 0 Å². The first-order valence-electron chi connectivity index (χ1n) is 7.91. The van der Waals surface area contributed by atoms with Crippen molar-refractivity contribution in [1.82, 2.24) is 19.7 Å². The van der Waals surface area contributed by atoms with Crippen molar-refractivity contribution in [2.24, 2.45) is 0 Å². The molecule has 2 aromatic heterocycles. The number of nitrogens with zero attached hydrogens (tertiary/aromatic N) is 4. The summed E-state index contributed by atoms with van der Waals surface area (Å²) in [7, 11) is 0. The largest absolute Gasteiger partial charge is 0.325 e. The Hall–Kier alpha value is -2.35. The zero-order valence-corrected chi connectivity index (χ0v) is 16.4. The Morgan fingerprint density at radius 3 is 2.78 bits per heavy atom. The van der Waals surface area contributed by atoms with Crippen LogP contribution in [0.25, 0.3) is 11.5 Å². The number of carbonyl (C=O) groups is 1. The van der Waals surface area contributed by atoms with Crippen molar-refractivity contribution in [3.63, 3.8) is 0 Å². The van der Waals surface area contributed by atoms with E-state index >= 15 is 0 Å². The molecule has 0 spiro atoms. The topological polar surface area (TPSA) is 72.7 Å². The molecule has 2 heterocycles. The van der Waals surface area contributed by atoms with Crippen molar-refractivity contribution >= 4 is 46.6 Å². The molecule has 0 bridgehead atoms. The van der Waals surface area contributed by atoms with E-state index < -0.39 is 0 Å². The van der Waals surface area contributed by atoms with E-state index in [2.05, 4.69) is 27.1 Å². The van der Waals surface area contributed by atoms with Gasteiger partial charge in [-0.2, -0.15) is 0 Å². The molecule has 1 N–H and O–H groups in total. The smallest absolute Gasteiger partial charge is 0.234 e. The predicted octanol–water partition coefficient (Wildman–Crippen LogP) is 4.56. The first-order valence-corrected chi connectivity index (χ1v) is 9.66. The van der Waals surface area contributed by atoms with E-state index in [1.807, 2.05) is 22.8 Å². The molecule has 0 radical (unpaired) electrons. The summed E-state index contributed by atoms with van der Waals surface area (Å²) < 4.78 is 1.87. The van der Waals surface area contributed by atoms with E-state index in [0.29, 0.717) is 39.0 Å². The van der Waals surface area contributed by atoms with Crippen molar-refractivity contribution in [1.29, 1.82) is 0 Å². The molecule has 0 aliphatic rings. The molecule has 1 amide bonds. The van der Waals surface area contributed by atoms with E-state index in [1.54, 1.807) is 30.5 Å². The minimum atomic E-state index is -0.189. The number of aromatic nitrogens is 4. The van der Waals surface area contributed by atoms with Gasteiger partial charge in [-0.1, -0.05) is 47.1 Å². The van der Waals surface area contributed by atoms with Crippen molar-refractivity contribution in [3.8, 4) is 11.5 Å². The second-order valence-electron chi connectivity index (χ2n) is 5.39. The molecule has 0 saturated heterocycles. The maximum Gasteiger partial charge on any atom is 0.234 e. The van der Waals surface area contributed by atoms with Crippen LogP contribution in [0.15, 0.2) is 60.4 Å². The van der Waals surface area contributed by atoms with Gasteiger partial charge in [-0.05, 0) is 30.3 Å². The average molecular weight is 420 g/mol. The highest BCUT2D eigenvalue weighted by atomic mass is 35.5. The van der Waals surface area contributed by atoms with Crippen molar-refractivity contribution in [2.75, 3.05) is 11.1 Å². The molecule has 138 valence electrons. The van der Waals surface area contributed by atoms with E-state index in [0.717, 1.165) is 0 Å². The van der Waals surface area contributed by atoms with E-state index in [4.69, 9.17) is 23.2 Å². The summed E-state index contributed by atoms with van der Waals surface area (Å²) in [6, 6.07) is 10.5. The lowest BCUT2D eigenvalue weighted by atomic mass is 10.3. The molecule has 0 atom stereocenters. The van der Waals surface area contributed by atoms with Gasteiger partial charge >= 0.3 is 0 Å². The third-order valence-corrected chi connectivity index (χ3v) is 5.16. The number of rotatable bonds is 7. The Balaban J connectivity index is 1.70. The Bertz CT molecular complexity index is 962. The number of nitrogens with one attached hydrogen (secondary N) is 1. The molecule has 6 nitrogen and oxygen atoms in total. The molecule has 0 aliphatic heterocycles. The zero-order chi connectivity index (χ0) is 19.2. The first-order chi connectivity index (χ1) is 13.1. The summed E-state index contributed by atoms with van der Waals surface area (Å²) in [5, 5.41) is 12.6. The van der Waals surface area contributed by atoms with Gasteiger partial charge in [-0.25, -0.2) is 0 Å². The van der Waals surface area contributed by atoms with Crippen LogP contribution in [0.2, 0.25) is 10.0 Å². The molecule has 9 heteroatoms. The Kier molecular flexibility index (Phi) is 6.49. The van der Waals surface area contributed by atoms with E-state index in [1.165, 1.54) is 11.8 Å². The third kappa shape index (κ3) is 4.88. The van der Waals surface area contributed by atoms with Crippen molar-refractivity contribution in [3.05, 3.63) is 65.3 Å². The molecular formula is C18H15Cl2N5OS. The monoisotopic (exact) mass is 419 g/mol. The van der Waals surface area contributed by atoms with Crippen LogP contribution in [0.1, 0.15) is 0 Å². The molecule has 3 rings (SSSR count). The second-order valence-corrected chi connectivity index (χ2v) is 7.14. The number of amides is 1. The fourth-order valence-corrected chi connectivity index (χ4v) is 3.32. The molecule has 1 aromatic carbocycles. The molecular weight excluding hydrogens is 405 g/mol. The highest BCUT2D eigenvalue weighted by molar-refractivity contribution is 7.99. The third-order valence-electron chi connectivity index (χ3n) is 3.46. The predicted molar refractivity (Wildman–Crippen MR) is 109 cm³/mol. The lowest BCUT2D eigenvalue weighted by Gasteiger charge is -2.08. The zero-order valence-electron chi connectivity index (χ0n) is 14.1. The first kappa shape index (κ1) is 19.4. The molecule has 0 unspecified atom stereocenters. The van der Waals surface area contributed by atoms with Gasteiger partial charge < -0.3 is 5.32 Å². The molecule has 0 fully saturated rings. The average Bonchev–Trinajstić information content (AvgIpc) is 3.07. The summed E-state index contributed by atoms with van der Waals surface area (Å²) in [6.45, 7) is 4.28. The number of benzene rings is 1. The Morgan fingerprint density at radius 1 is 1.22 bits per heavy atom. The highest BCUT2D eigenvalue weighted by Crippen LogP contribution is 2.26. The minimum absolute atomic E-state index is 0.164. The highest BCUT2D eigenvalue weighted by Gasteiger charge is 2.15. The van der Waals surface area contributed by atoms with Gasteiger partial charge in [0.25, 0.3) is 0 Å². The standard InChI is InChI=1S/C18H15Cl2N5OS/c1-2-9-25-17(15-5-3-4-8-21-15)23-24-18(25)27-11-16(26)22-12-6-7-13(19)14(20)10-12/h2-8,10H,1,9,11H2,(H,22,26). The molecule has 3 aromatic rings. The number of hydrogen-bond donors (Lipinski definition) is 1. The van der Waals surface area contributed by atoms with Crippen molar-refractivity contribution in [2.45, 2.75) is 11.7 Å². The maximum atomic E-state index is 12.2. The van der Waals surface area contributed by atoms with Crippen LogP contribution in [-0.4, -0.2) is 31.4 Å². The number of thioether (sulfide) groups is 1. The van der Waals surface area contributed by atoms with Crippen LogP contribution in [0, 0.1) is 0 Å². The summed E-state index contributed by atoms with van der Waals surface area (Å²) in [5.41, 5.74) is 1.29. The van der Waals surface area contributed by atoms with Gasteiger partial charge in [0.1, 0.15) is 5.69 Å². The summed E-state index contributed by atoms with van der Waals surface area (Å²) in [6.07, 6.45) is 3.44. The molecule has 0 saturated carbocycles. The van der Waals surface area contributed by atoms with Gasteiger partial charge in [-0.3, -0.25) is 14.3 Å². The van der Waals surface area contributed by atoms with E-state index in [9.17, 15) is 4.79 Å². The lowest BCUT2D eigenvalue weighted by Crippen LogP contribution is -2.14. The normalized spacial score (nSPS) is 10.6. The van der Waals surface area contributed by atoms with Gasteiger partial charge in [0.2, 0.25) is 5.91 Å². The minimum Gasteiger partial charge on any atom is -0.325 e. The molecule has 27 heavy (non-hydrogen) atoms. The molecule has 0 aliphatic carbocycles. The van der Waals surface area contributed by atoms with Crippen LogP contribution in [-0.2, 0) is 11.3 Å². The van der Waals surface area contributed by atoms with Crippen LogP contribution in [0.3, 0.4) is 0 Å². The fourth-order valence-electron chi connectivity index (χ4n) is 2.27. The SMILES string of the molecule is C=CCn1c(SCC(=O)Nc2ccc(Cl)c(Cl)c2)nnc1-c1ccccn1. The number of pyridine rings is 1. The lowest BCUT2D eigenvalue weighted by molar-refractivity contribution is -0.113. The van der Waals surface area contributed by atoms with Gasteiger partial charge in [-0.15, -0.1) is 16.8 Å². The summed E-state index contributed by atoms with van der Waals surface area (Å²) >= 11 is 13.1. The van der Waals surface area contributed by atoms with Gasteiger partial charge in [0.05, 0.1) is 15.8 Å². The number of allylic oxidation sites excluding steroid dienone is 1. The fraction of sp³-hybridized carbons (Fsp3) is 0.111. The second kappa shape index (κ2) is 9.03. The van der Waals surface area contributed by atoms with Crippen molar-refractivity contribution < 1.29 is 4.79 Å². The quantitative estimate of drug-likeness (QED) is 0.448. The van der Waals surface area contributed by atoms with Gasteiger partial charge in [0.15, 0.2) is 11.0 Å². The number of carbonyl (C=O) groups excluding carboxylic acids is 1. The van der Waals surface area contributed by atoms with Crippen LogP contribution < -0.4 is 5.32 Å².